The highest BCUT2D eigenvalue weighted by Gasteiger charge is 2.19. The number of thioether (sulfide) groups is 1. The van der Waals surface area contributed by atoms with Crippen molar-refractivity contribution in [1.29, 1.82) is 0 Å². The van der Waals surface area contributed by atoms with E-state index in [1.807, 2.05) is 43.8 Å². The van der Waals surface area contributed by atoms with Gasteiger partial charge < -0.3 is 10.1 Å². The molecule has 3 nitrogen and oxygen atoms in total. The summed E-state index contributed by atoms with van der Waals surface area (Å²) >= 11 is 1.84. The van der Waals surface area contributed by atoms with Crippen LogP contribution < -0.4 is 5.32 Å². The topological polar surface area (TPSA) is 38.3 Å². The molecule has 0 amide bonds. The highest BCUT2D eigenvalue weighted by Crippen LogP contribution is 2.14. The molecule has 1 atom stereocenters. The van der Waals surface area contributed by atoms with Gasteiger partial charge in [0, 0.05) is 11.8 Å². The van der Waals surface area contributed by atoms with Crippen molar-refractivity contribution in [2.45, 2.75) is 38.1 Å². The van der Waals surface area contributed by atoms with E-state index in [0.717, 1.165) is 17.9 Å². The van der Waals surface area contributed by atoms with E-state index in [2.05, 4.69) is 17.4 Å². The van der Waals surface area contributed by atoms with E-state index in [1.165, 1.54) is 12.7 Å². The Morgan fingerprint density at radius 1 is 1.32 bits per heavy atom. The summed E-state index contributed by atoms with van der Waals surface area (Å²) in [5.41, 5.74) is 1.32. The van der Waals surface area contributed by atoms with Gasteiger partial charge in [-0.05, 0) is 17.7 Å². The number of ether oxygens (including phenoxy) is 1. The number of esters is 1. The summed E-state index contributed by atoms with van der Waals surface area (Å²) in [7, 11) is 1.44. The first-order valence-corrected chi connectivity index (χ1v) is 7.74. The molecule has 0 heterocycles. The minimum Gasteiger partial charge on any atom is -0.468 e. The van der Waals surface area contributed by atoms with Crippen LogP contribution in [0.3, 0.4) is 0 Å². The summed E-state index contributed by atoms with van der Waals surface area (Å²) in [4.78, 5) is 11.6. The number of hydrogen-bond donors (Lipinski definition) is 1. The second-order valence-corrected chi connectivity index (χ2v) is 5.83. The molecule has 1 aromatic carbocycles. The number of carbonyl (C=O) groups excluding carboxylic acids is 1. The van der Waals surface area contributed by atoms with Gasteiger partial charge in [-0.15, -0.1) is 0 Å². The third-order valence-electron chi connectivity index (χ3n) is 2.68. The molecule has 1 unspecified atom stereocenters. The summed E-state index contributed by atoms with van der Waals surface area (Å²) in [5.74, 6) is 1.75. The van der Waals surface area contributed by atoms with E-state index in [-0.39, 0.29) is 18.1 Å². The SMILES string of the molecule is COC(=O)C(CCSCc1ccccc1)NC(C)C. The molecular formula is C15H23NO2S. The second-order valence-electron chi connectivity index (χ2n) is 4.72. The fourth-order valence-electron chi connectivity index (χ4n) is 1.78. The lowest BCUT2D eigenvalue weighted by Crippen LogP contribution is -2.41. The molecule has 19 heavy (non-hydrogen) atoms. The van der Waals surface area contributed by atoms with Crippen molar-refractivity contribution in [2.75, 3.05) is 12.9 Å². The van der Waals surface area contributed by atoms with Crippen LogP contribution in [-0.2, 0) is 15.3 Å². The largest absolute Gasteiger partial charge is 0.468 e. The Morgan fingerprint density at radius 2 is 2.00 bits per heavy atom. The summed E-state index contributed by atoms with van der Waals surface area (Å²) in [6, 6.07) is 10.4. The van der Waals surface area contributed by atoms with E-state index in [1.54, 1.807) is 0 Å². The van der Waals surface area contributed by atoms with Crippen LogP contribution in [-0.4, -0.2) is 30.9 Å². The first-order chi connectivity index (χ1) is 9.13. The van der Waals surface area contributed by atoms with Gasteiger partial charge in [-0.3, -0.25) is 4.79 Å². The number of carbonyl (C=O) groups is 1. The van der Waals surface area contributed by atoms with Gasteiger partial charge in [0.15, 0.2) is 0 Å². The monoisotopic (exact) mass is 281 g/mol. The first-order valence-electron chi connectivity index (χ1n) is 6.59. The standard InChI is InChI=1S/C15H23NO2S/c1-12(2)16-14(15(17)18-3)9-10-19-11-13-7-5-4-6-8-13/h4-8,12,14,16H,9-11H2,1-3H3. The lowest BCUT2D eigenvalue weighted by molar-refractivity contribution is -0.143. The highest BCUT2D eigenvalue weighted by molar-refractivity contribution is 7.98. The Hall–Kier alpha value is -1.00. The van der Waals surface area contributed by atoms with Crippen molar-refractivity contribution >= 4 is 17.7 Å². The van der Waals surface area contributed by atoms with E-state index in [4.69, 9.17) is 4.74 Å². The summed E-state index contributed by atoms with van der Waals surface area (Å²) in [5, 5.41) is 3.24. The number of methoxy groups -OCH3 is 1. The molecule has 106 valence electrons. The average Bonchev–Trinajstić information content (AvgIpc) is 2.42. The maximum Gasteiger partial charge on any atom is 0.322 e. The quantitative estimate of drug-likeness (QED) is 0.587. The van der Waals surface area contributed by atoms with Crippen molar-refractivity contribution in [3.05, 3.63) is 35.9 Å². The molecule has 0 saturated carbocycles. The van der Waals surface area contributed by atoms with Gasteiger partial charge in [-0.25, -0.2) is 0 Å². The molecule has 1 aromatic rings. The van der Waals surface area contributed by atoms with Gasteiger partial charge in [0.2, 0.25) is 0 Å². The smallest absolute Gasteiger partial charge is 0.322 e. The van der Waals surface area contributed by atoms with E-state index in [9.17, 15) is 4.79 Å². The van der Waals surface area contributed by atoms with Gasteiger partial charge in [0.1, 0.15) is 6.04 Å². The Balaban J connectivity index is 2.30. The molecule has 4 heteroatoms. The van der Waals surface area contributed by atoms with Crippen molar-refractivity contribution in [3.63, 3.8) is 0 Å². The van der Waals surface area contributed by atoms with Gasteiger partial charge in [-0.2, -0.15) is 11.8 Å². The summed E-state index contributed by atoms with van der Waals surface area (Å²) < 4.78 is 4.82. The minimum atomic E-state index is -0.201. The molecule has 0 aliphatic heterocycles. The van der Waals surface area contributed by atoms with Crippen molar-refractivity contribution in [1.82, 2.24) is 5.32 Å². The minimum absolute atomic E-state index is 0.172. The van der Waals surface area contributed by atoms with Gasteiger partial charge >= 0.3 is 5.97 Å². The van der Waals surface area contributed by atoms with Gasteiger partial charge in [0.05, 0.1) is 7.11 Å². The Bertz CT molecular complexity index is 368. The predicted octanol–water partition coefficient (Wildman–Crippen LogP) is 2.85. The molecule has 0 aromatic heterocycles. The van der Waals surface area contributed by atoms with E-state index >= 15 is 0 Å². The molecule has 0 aliphatic carbocycles. The second kappa shape index (κ2) is 8.99. The van der Waals surface area contributed by atoms with Crippen LogP contribution in [0.4, 0.5) is 0 Å². The van der Waals surface area contributed by atoms with Crippen LogP contribution >= 0.6 is 11.8 Å². The highest BCUT2D eigenvalue weighted by atomic mass is 32.2. The predicted molar refractivity (Wildman–Crippen MR) is 81.3 cm³/mol. The molecular weight excluding hydrogens is 258 g/mol. The molecule has 0 fully saturated rings. The molecule has 0 bridgehead atoms. The zero-order chi connectivity index (χ0) is 14.1. The Labute approximate surface area is 120 Å². The van der Waals surface area contributed by atoms with Crippen LogP contribution in [0.25, 0.3) is 0 Å². The molecule has 0 saturated heterocycles. The van der Waals surface area contributed by atoms with E-state index in [0.29, 0.717) is 0 Å². The van der Waals surface area contributed by atoms with Crippen LogP contribution in [0.2, 0.25) is 0 Å². The lowest BCUT2D eigenvalue weighted by Gasteiger charge is -2.18. The van der Waals surface area contributed by atoms with E-state index < -0.39 is 0 Å². The van der Waals surface area contributed by atoms with Crippen molar-refractivity contribution < 1.29 is 9.53 Å². The fourth-order valence-corrected chi connectivity index (χ4v) is 2.75. The third-order valence-corrected chi connectivity index (χ3v) is 3.74. The molecule has 1 rings (SSSR count). The molecule has 0 radical (unpaired) electrons. The van der Waals surface area contributed by atoms with Crippen molar-refractivity contribution in [2.24, 2.45) is 0 Å². The molecule has 0 aliphatic rings. The van der Waals surface area contributed by atoms with Crippen LogP contribution in [0.15, 0.2) is 30.3 Å². The third kappa shape index (κ3) is 6.64. The number of benzene rings is 1. The average molecular weight is 281 g/mol. The number of rotatable bonds is 8. The van der Waals surface area contributed by atoms with Crippen LogP contribution in [0, 0.1) is 0 Å². The fraction of sp³-hybridized carbons (Fsp3) is 0.533. The molecule has 0 spiro atoms. The van der Waals surface area contributed by atoms with Gasteiger partial charge in [0.25, 0.3) is 0 Å². The zero-order valence-corrected chi connectivity index (χ0v) is 12.7. The zero-order valence-electron chi connectivity index (χ0n) is 11.9. The normalized spacial score (nSPS) is 12.4. The van der Waals surface area contributed by atoms with Crippen molar-refractivity contribution in [3.8, 4) is 0 Å². The Morgan fingerprint density at radius 3 is 2.58 bits per heavy atom. The van der Waals surface area contributed by atoms with Gasteiger partial charge in [-0.1, -0.05) is 44.2 Å². The number of nitrogens with one attached hydrogen (secondary N) is 1. The first kappa shape index (κ1) is 16.1. The molecule has 1 N–H and O–H groups in total. The Kier molecular flexibility index (Phi) is 7.60. The summed E-state index contributed by atoms with van der Waals surface area (Å²) in [6.45, 7) is 4.07. The maximum absolute atomic E-state index is 11.6. The number of hydrogen-bond acceptors (Lipinski definition) is 4. The van der Waals surface area contributed by atoms with Crippen LogP contribution in [0.5, 0.6) is 0 Å². The maximum atomic E-state index is 11.6. The van der Waals surface area contributed by atoms with Crippen LogP contribution in [0.1, 0.15) is 25.8 Å². The lowest BCUT2D eigenvalue weighted by atomic mass is 10.2. The summed E-state index contributed by atoms with van der Waals surface area (Å²) in [6.07, 6.45) is 0.794.